The van der Waals surface area contributed by atoms with Crippen molar-refractivity contribution in [3.63, 3.8) is 0 Å². The lowest BCUT2D eigenvalue weighted by atomic mass is 10.2. The third kappa shape index (κ3) is 41.2. The van der Waals surface area contributed by atoms with E-state index in [1.54, 1.807) is 0 Å². The molecule has 9 heteroatoms. The van der Waals surface area contributed by atoms with Crippen molar-refractivity contribution in [3.05, 3.63) is 122 Å². The number of phosphoric acid groups is 1. The average Bonchev–Trinajstić information content (AvgIpc) is 3.14. The number of hydrogen-bond donors (Lipinski definition) is 2. The predicted octanol–water partition coefficient (Wildman–Crippen LogP) is 12.2. The van der Waals surface area contributed by atoms with Crippen molar-refractivity contribution < 1.29 is 37.9 Å². The molecular formula is C45H69O8P. The van der Waals surface area contributed by atoms with Gasteiger partial charge in [0.15, 0.2) is 6.10 Å². The molecule has 2 N–H and O–H groups in total. The molecule has 0 amide bonds. The van der Waals surface area contributed by atoms with Crippen LogP contribution in [-0.4, -0.2) is 41.0 Å². The number of unbranched alkanes of at least 4 members (excludes halogenated alkanes) is 4. The lowest BCUT2D eigenvalue weighted by molar-refractivity contribution is -0.161. The Morgan fingerprint density at radius 1 is 0.500 bits per heavy atom. The first-order chi connectivity index (χ1) is 26.3. The molecule has 54 heavy (non-hydrogen) atoms. The number of ether oxygens (including phenoxy) is 2. The molecule has 1 atom stereocenters. The van der Waals surface area contributed by atoms with Crippen LogP contribution in [0.1, 0.15) is 129 Å². The van der Waals surface area contributed by atoms with Crippen LogP contribution < -0.4 is 0 Å². The Morgan fingerprint density at radius 3 is 1.33 bits per heavy atom. The fraction of sp³-hybridized carbons (Fsp3) is 0.511. The summed E-state index contributed by atoms with van der Waals surface area (Å²) in [5.41, 5.74) is 0. The maximum Gasteiger partial charge on any atom is 0.469 e. The minimum absolute atomic E-state index is 0.110. The van der Waals surface area contributed by atoms with Crippen LogP contribution in [-0.2, 0) is 28.2 Å². The van der Waals surface area contributed by atoms with Gasteiger partial charge in [-0.15, -0.1) is 0 Å². The van der Waals surface area contributed by atoms with Gasteiger partial charge < -0.3 is 19.3 Å². The van der Waals surface area contributed by atoms with Gasteiger partial charge in [-0.25, -0.2) is 4.57 Å². The van der Waals surface area contributed by atoms with E-state index in [-0.39, 0.29) is 19.4 Å². The van der Waals surface area contributed by atoms with Crippen molar-refractivity contribution in [1.29, 1.82) is 0 Å². The maximum atomic E-state index is 12.4. The van der Waals surface area contributed by atoms with E-state index in [1.807, 2.05) is 24.3 Å². The zero-order valence-corrected chi connectivity index (χ0v) is 34.0. The standard InChI is InChI=1S/C45H69O8P/c1-3-5-7-9-11-13-15-17-19-21-22-24-25-27-29-31-33-35-37-39-44(46)51-41-43(42-52-54(48,49)50)53-45(47)40-38-36-34-32-30-28-26-23-20-18-16-14-12-10-8-6-4-2/h6,8,11-14,17-20,22,24,26-29,32-35,43H,3-5,7,9-10,15-16,21,23,25,30-31,36-42H2,1-2H3,(H2,48,49,50)/b8-6-,13-11-,14-12-,19-17-,20-18-,24-22-,28-26-,29-27-,34-32-,35-33-/t43-/m1/s1. The average molecular weight is 769 g/mol. The van der Waals surface area contributed by atoms with Gasteiger partial charge in [0.1, 0.15) is 6.61 Å². The minimum atomic E-state index is -4.79. The number of hydrogen-bond acceptors (Lipinski definition) is 6. The minimum Gasteiger partial charge on any atom is -0.462 e. The molecule has 0 rings (SSSR count). The first-order valence-electron chi connectivity index (χ1n) is 19.8. The molecule has 0 spiro atoms. The number of allylic oxidation sites excluding steroid dienone is 20. The van der Waals surface area contributed by atoms with E-state index in [4.69, 9.17) is 19.3 Å². The van der Waals surface area contributed by atoms with Crippen molar-refractivity contribution in [1.82, 2.24) is 0 Å². The summed E-state index contributed by atoms with van der Waals surface area (Å²) in [5.74, 6) is -1.06. The highest BCUT2D eigenvalue weighted by Crippen LogP contribution is 2.35. The number of esters is 2. The van der Waals surface area contributed by atoms with Gasteiger partial charge in [-0.3, -0.25) is 14.1 Å². The van der Waals surface area contributed by atoms with Crippen molar-refractivity contribution in [2.75, 3.05) is 13.2 Å². The fourth-order valence-corrected chi connectivity index (χ4v) is 4.93. The van der Waals surface area contributed by atoms with Crippen LogP contribution >= 0.6 is 7.82 Å². The monoisotopic (exact) mass is 768 g/mol. The highest BCUT2D eigenvalue weighted by Gasteiger charge is 2.22. The number of carbonyl (C=O) groups is 2. The van der Waals surface area contributed by atoms with Crippen molar-refractivity contribution >= 4 is 19.8 Å². The van der Waals surface area contributed by atoms with Crippen molar-refractivity contribution in [2.24, 2.45) is 0 Å². The molecular weight excluding hydrogens is 699 g/mol. The van der Waals surface area contributed by atoms with E-state index in [0.29, 0.717) is 19.3 Å². The predicted molar refractivity (Wildman–Crippen MR) is 225 cm³/mol. The Labute approximate surface area is 327 Å². The lowest BCUT2D eigenvalue weighted by Gasteiger charge is -2.18. The van der Waals surface area contributed by atoms with Crippen molar-refractivity contribution in [2.45, 2.75) is 136 Å². The van der Waals surface area contributed by atoms with Gasteiger partial charge in [-0.1, -0.05) is 148 Å². The van der Waals surface area contributed by atoms with Crippen LogP contribution in [0.25, 0.3) is 0 Å². The first kappa shape index (κ1) is 50.5. The summed E-state index contributed by atoms with van der Waals surface area (Å²) in [4.78, 5) is 42.7. The topological polar surface area (TPSA) is 119 Å². The van der Waals surface area contributed by atoms with E-state index in [9.17, 15) is 14.2 Å². The first-order valence-corrected chi connectivity index (χ1v) is 21.4. The summed E-state index contributed by atoms with van der Waals surface area (Å²) < 4.78 is 26.2. The highest BCUT2D eigenvalue weighted by atomic mass is 31.2. The molecule has 302 valence electrons. The molecule has 0 aromatic carbocycles. The van der Waals surface area contributed by atoms with Gasteiger partial charge in [-0.05, 0) is 89.9 Å². The summed E-state index contributed by atoms with van der Waals surface area (Å²) in [5, 5.41) is 0. The maximum absolute atomic E-state index is 12.4. The third-order valence-corrected chi connectivity index (χ3v) is 7.96. The van der Waals surface area contributed by atoms with Crippen LogP contribution in [0.3, 0.4) is 0 Å². The molecule has 0 fully saturated rings. The highest BCUT2D eigenvalue weighted by molar-refractivity contribution is 7.46. The molecule has 0 aromatic heterocycles. The quantitative estimate of drug-likeness (QED) is 0.0287. The van der Waals surface area contributed by atoms with Gasteiger partial charge in [0.25, 0.3) is 0 Å². The molecule has 0 radical (unpaired) electrons. The van der Waals surface area contributed by atoms with E-state index in [2.05, 4.69) is 116 Å². The smallest absolute Gasteiger partial charge is 0.462 e. The lowest BCUT2D eigenvalue weighted by Crippen LogP contribution is -2.29. The summed E-state index contributed by atoms with van der Waals surface area (Å²) >= 11 is 0. The molecule has 0 aromatic rings. The normalized spacial score (nSPS) is 13.8. The zero-order chi connectivity index (χ0) is 39.6. The second-order valence-corrected chi connectivity index (χ2v) is 13.8. The molecule has 0 unspecified atom stereocenters. The van der Waals surface area contributed by atoms with Crippen LogP contribution in [0.15, 0.2) is 122 Å². The largest absolute Gasteiger partial charge is 0.469 e. The van der Waals surface area contributed by atoms with Crippen LogP contribution in [0, 0.1) is 0 Å². The van der Waals surface area contributed by atoms with Gasteiger partial charge in [0, 0.05) is 12.8 Å². The number of rotatable bonds is 34. The van der Waals surface area contributed by atoms with E-state index >= 15 is 0 Å². The van der Waals surface area contributed by atoms with Crippen molar-refractivity contribution in [3.8, 4) is 0 Å². The second-order valence-electron chi connectivity index (χ2n) is 12.5. The van der Waals surface area contributed by atoms with Crippen LogP contribution in [0.5, 0.6) is 0 Å². The molecule has 0 bridgehead atoms. The Morgan fingerprint density at radius 2 is 0.907 bits per heavy atom. The third-order valence-electron chi connectivity index (χ3n) is 7.48. The molecule has 0 aliphatic rings. The van der Waals surface area contributed by atoms with Gasteiger partial charge >= 0.3 is 19.8 Å². The summed E-state index contributed by atoms with van der Waals surface area (Å²) in [6.45, 7) is 3.40. The summed E-state index contributed by atoms with van der Waals surface area (Å²) in [6, 6.07) is 0. The van der Waals surface area contributed by atoms with Gasteiger partial charge in [0.2, 0.25) is 0 Å². The Bertz CT molecular complexity index is 1280. The fourth-order valence-electron chi connectivity index (χ4n) is 4.57. The number of phosphoric ester groups is 1. The SMILES string of the molecule is CC/C=C\C/C=C\C/C=C\C/C=C\C/C=C\CCCC(=O)O[C@H](COC(=O)CC/C=C\C/C=C\C/C=C\C/C=C\C/C=C\CCCCC)COP(=O)(O)O. The number of carbonyl (C=O) groups excluding carboxylic acids is 2. The molecule has 0 saturated heterocycles. The molecule has 8 nitrogen and oxygen atoms in total. The summed E-state index contributed by atoms with van der Waals surface area (Å²) in [6.07, 6.45) is 56.5. The Hall–Kier alpha value is -3.55. The molecule has 0 aliphatic carbocycles. The summed E-state index contributed by atoms with van der Waals surface area (Å²) in [7, 11) is -4.79. The van der Waals surface area contributed by atoms with Gasteiger partial charge in [0.05, 0.1) is 6.61 Å². The Balaban J connectivity index is 4.21. The van der Waals surface area contributed by atoms with Crippen LogP contribution in [0.4, 0.5) is 0 Å². The molecule has 0 aliphatic heterocycles. The Kier molecular flexibility index (Phi) is 36.6. The van der Waals surface area contributed by atoms with E-state index < -0.39 is 32.5 Å². The van der Waals surface area contributed by atoms with E-state index in [0.717, 1.165) is 57.8 Å². The van der Waals surface area contributed by atoms with E-state index in [1.165, 1.54) is 25.7 Å². The molecule has 0 saturated carbocycles. The van der Waals surface area contributed by atoms with Crippen LogP contribution in [0.2, 0.25) is 0 Å². The van der Waals surface area contributed by atoms with Gasteiger partial charge in [-0.2, -0.15) is 0 Å². The second kappa shape index (κ2) is 39.2. The molecule has 0 heterocycles. The zero-order valence-electron chi connectivity index (χ0n) is 33.1.